The molecular formula is C20H38O10. The smallest absolute Gasteiger partial charge is 0.186 e. The van der Waals surface area contributed by atoms with Crippen molar-refractivity contribution in [2.45, 2.75) is 108 Å². The van der Waals surface area contributed by atoms with Crippen LogP contribution in [0.4, 0.5) is 0 Å². The summed E-state index contributed by atoms with van der Waals surface area (Å²) in [5.41, 5.74) is -1.02. The van der Waals surface area contributed by atoms with Crippen molar-refractivity contribution in [2.75, 3.05) is 13.2 Å². The van der Waals surface area contributed by atoms with Gasteiger partial charge in [0.2, 0.25) is 0 Å². The second-order valence-corrected chi connectivity index (χ2v) is 10.2. The van der Waals surface area contributed by atoms with Gasteiger partial charge < -0.3 is 49.6 Å². The Morgan fingerprint density at radius 2 is 1.13 bits per heavy atom. The molecule has 10 atom stereocenters. The fourth-order valence-electron chi connectivity index (χ4n) is 3.52. The van der Waals surface area contributed by atoms with Crippen LogP contribution in [-0.4, -0.2) is 111 Å². The third-order valence-electron chi connectivity index (χ3n) is 5.34. The minimum Gasteiger partial charge on any atom is -0.388 e. The summed E-state index contributed by atoms with van der Waals surface area (Å²) in [4.78, 5) is 0. The summed E-state index contributed by atoms with van der Waals surface area (Å²) in [6, 6.07) is 0. The Kier molecular flexibility index (Phi) is 8.29. The number of hydrogen-bond donors (Lipinski definition) is 6. The van der Waals surface area contributed by atoms with Crippen LogP contribution in [0.15, 0.2) is 0 Å². The third-order valence-corrected chi connectivity index (χ3v) is 5.34. The maximum atomic E-state index is 10.3. The summed E-state index contributed by atoms with van der Waals surface area (Å²) in [7, 11) is 0. The SMILES string of the molecule is CC(C)(C)OCC1OC(OCC2OC(C(C)(C)C)C(O)C(O)C2O)C(O)C(O)C1O. The van der Waals surface area contributed by atoms with Crippen LogP contribution in [0, 0.1) is 5.41 Å². The van der Waals surface area contributed by atoms with Gasteiger partial charge >= 0.3 is 0 Å². The van der Waals surface area contributed by atoms with Crippen molar-refractivity contribution in [1.29, 1.82) is 0 Å². The fourth-order valence-corrected chi connectivity index (χ4v) is 3.52. The molecule has 0 radical (unpaired) electrons. The maximum Gasteiger partial charge on any atom is 0.186 e. The van der Waals surface area contributed by atoms with Crippen LogP contribution in [0.2, 0.25) is 0 Å². The molecule has 0 amide bonds. The predicted octanol–water partition coefficient (Wildman–Crippen LogP) is -1.48. The number of hydrogen-bond acceptors (Lipinski definition) is 10. The van der Waals surface area contributed by atoms with Gasteiger partial charge in [-0.3, -0.25) is 0 Å². The molecule has 0 aromatic carbocycles. The van der Waals surface area contributed by atoms with E-state index in [0.717, 1.165) is 0 Å². The summed E-state index contributed by atoms with van der Waals surface area (Å²) in [5, 5.41) is 61.3. The van der Waals surface area contributed by atoms with Gasteiger partial charge in [0.15, 0.2) is 6.29 Å². The summed E-state index contributed by atoms with van der Waals surface area (Å²) in [6.45, 7) is 10.7. The average molecular weight is 439 g/mol. The number of ether oxygens (including phenoxy) is 4. The van der Waals surface area contributed by atoms with Crippen molar-refractivity contribution in [3.8, 4) is 0 Å². The van der Waals surface area contributed by atoms with Crippen LogP contribution in [0.3, 0.4) is 0 Å². The molecule has 0 aliphatic carbocycles. The van der Waals surface area contributed by atoms with Gasteiger partial charge in [-0.2, -0.15) is 0 Å². The molecule has 2 fully saturated rings. The van der Waals surface area contributed by atoms with E-state index in [0.29, 0.717) is 0 Å². The summed E-state index contributed by atoms with van der Waals surface area (Å²) < 4.78 is 22.5. The molecule has 10 nitrogen and oxygen atoms in total. The second-order valence-electron chi connectivity index (χ2n) is 10.2. The lowest BCUT2D eigenvalue weighted by Gasteiger charge is -2.46. The van der Waals surface area contributed by atoms with E-state index in [4.69, 9.17) is 18.9 Å². The molecule has 0 spiro atoms. The molecule has 0 aromatic heterocycles. The van der Waals surface area contributed by atoms with Crippen molar-refractivity contribution in [2.24, 2.45) is 5.41 Å². The first-order valence-corrected chi connectivity index (χ1v) is 10.3. The Labute approximate surface area is 177 Å². The minimum absolute atomic E-state index is 0.0339. The van der Waals surface area contributed by atoms with E-state index in [1.165, 1.54) is 0 Å². The van der Waals surface area contributed by atoms with Crippen LogP contribution in [0.25, 0.3) is 0 Å². The van der Waals surface area contributed by atoms with Gasteiger partial charge in [0.25, 0.3) is 0 Å². The summed E-state index contributed by atoms with van der Waals surface area (Å²) in [6.07, 6.45) is -12.6. The Bertz CT molecular complexity index is 545. The lowest BCUT2D eigenvalue weighted by Crippen LogP contribution is -2.63. The highest BCUT2D eigenvalue weighted by molar-refractivity contribution is 4.97. The molecule has 2 heterocycles. The predicted molar refractivity (Wildman–Crippen MR) is 104 cm³/mol. The highest BCUT2D eigenvalue weighted by atomic mass is 16.7. The Balaban J connectivity index is 2.03. The van der Waals surface area contributed by atoms with Crippen molar-refractivity contribution in [3.05, 3.63) is 0 Å². The zero-order valence-electron chi connectivity index (χ0n) is 18.5. The monoisotopic (exact) mass is 438 g/mol. The van der Waals surface area contributed by atoms with Crippen molar-refractivity contribution in [3.63, 3.8) is 0 Å². The minimum atomic E-state index is -1.54. The summed E-state index contributed by atoms with van der Waals surface area (Å²) >= 11 is 0. The van der Waals surface area contributed by atoms with E-state index in [-0.39, 0.29) is 13.2 Å². The molecule has 178 valence electrons. The first-order chi connectivity index (χ1) is 13.6. The molecule has 0 saturated carbocycles. The van der Waals surface area contributed by atoms with E-state index in [2.05, 4.69) is 0 Å². The molecule has 30 heavy (non-hydrogen) atoms. The van der Waals surface area contributed by atoms with E-state index >= 15 is 0 Å². The highest BCUT2D eigenvalue weighted by Gasteiger charge is 2.49. The molecule has 6 N–H and O–H groups in total. The lowest BCUT2D eigenvalue weighted by atomic mass is 9.80. The van der Waals surface area contributed by atoms with Crippen LogP contribution in [-0.2, 0) is 18.9 Å². The van der Waals surface area contributed by atoms with E-state index in [1.54, 1.807) is 0 Å². The van der Waals surface area contributed by atoms with Crippen molar-refractivity contribution in [1.82, 2.24) is 0 Å². The molecule has 2 aliphatic heterocycles. The van der Waals surface area contributed by atoms with Gasteiger partial charge in [0.05, 0.1) is 24.9 Å². The first kappa shape index (κ1) is 25.9. The third kappa shape index (κ3) is 6.10. The highest BCUT2D eigenvalue weighted by Crippen LogP contribution is 2.33. The standard InChI is InChI=1S/C20H38O10/c1-19(2,3)17-15(25)13(23)11(21)9(29-17)7-27-18-16(26)14(24)12(22)10(30-18)8-28-20(4,5)6/h9-18,21-26H,7-8H2,1-6H3. The molecule has 2 aliphatic rings. The van der Waals surface area contributed by atoms with Crippen LogP contribution in [0.5, 0.6) is 0 Å². The Morgan fingerprint density at radius 3 is 1.63 bits per heavy atom. The van der Waals surface area contributed by atoms with Gasteiger partial charge in [-0.05, 0) is 26.2 Å². The second kappa shape index (κ2) is 9.62. The lowest BCUT2D eigenvalue weighted by molar-refractivity contribution is -0.320. The van der Waals surface area contributed by atoms with Gasteiger partial charge in [-0.25, -0.2) is 0 Å². The van der Waals surface area contributed by atoms with Crippen LogP contribution >= 0.6 is 0 Å². The van der Waals surface area contributed by atoms with Crippen molar-refractivity contribution < 1.29 is 49.6 Å². The van der Waals surface area contributed by atoms with E-state index < -0.39 is 72.2 Å². The fraction of sp³-hybridized carbons (Fsp3) is 1.00. The Morgan fingerprint density at radius 1 is 0.633 bits per heavy atom. The number of aliphatic hydroxyl groups excluding tert-OH is 6. The molecule has 10 unspecified atom stereocenters. The van der Waals surface area contributed by atoms with Gasteiger partial charge in [-0.1, -0.05) is 20.8 Å². The number of rotatable bonds is 5. The van der Waals surface area contributed by atoms with Gasteiger partial charge in [-0.15, -0.1) is 0 Å². The largest absolute Gasteiger partial charge is 0.388 e. The molecule has 10 heteroatoms. The van der Waals surface area contributed by atoms with Crippen LogP contribution in [0.1, 0.15) is 41.5 Å². The molecule has 2 saturated heterocycles. The quantitative estimate of drug-likeness (QED) is 0.299. The molecule has 0 aromatic rings. The average Bonchev–Trinajstić information content (AvgIpc) is 2.62. The van der Waals surface area contributed by atoms with Gasteiger partial charge in [0, 0.05) is 0 Å². The number of aliphatic hydroxyl groups is 6. The topological polar surface area (TPSA) is 158 Å². The van der Waals surface area contributed by atoms with E-state index in [9.17, 15) is 30.6 Å². The molecule has 2 rings (SSSR count). The zero-order chi connectivity index (χ0) is 23.0. The maximum absolute atomic E-state index is 10.3. The summed E-state index contributed by atoms with van der Waals surface area (Å²) in [5.74, 6) is 0. The zero-order valence-corrected chi connectivity index (χ0v) is 18.5. The molecule has 0 bridgehead atoms. The van der Waals surface area contributed by atoms with E-state index in [1.807, 2.05) is 41.5 Å². The molecular weight excluding hydrogens is 400 g/mol. The van der Waals surface area contributed by atoms with Crippen molar-refractivity contribution >= 4 is 0 Å². The van der Waals surface area contributed by atoms with Crippen LogP contribution < -0.4 is 0 Å². The van der Waals surface area contributed by atoms with Gasteiger partial charge in [0.1, 0.15) is 48.8 Å². The first-order valence-electron chi connectivity index (χ1n) is 10.3. The normalized spacial score (nSPS) is 43.6. The Hall–Kier alpha value is -0.400.